The molecule has 0 amide bonds. The Morgan fingerprint density at radius 1 is 1.54 bits per heavy atom. The van der Waals surface area contributed by atoms with E-state index in [1.807, 2.05) is 19.2 Å². The van der Waals surface area contributed by atoms with Crippen molar-refractivity contribution in [3.8, 4) is 0 Å². The molecule has 3 nitrogen and oxygen atoms in total. The number of nitrogens with zero attached hydrogens (tertiary/aromatic N) is 2. The highest BCUT2D eigenvalue weighted by atomic mass is 15.1. The fraction of sp³-hybridized carbons (Fsp3) is 0.700. The smallest absolute Gasteiger partial charge is 0.0862 e. The Balaban J connectivity index is 3.75. The van der Waals surface area contributed by atoms with Gasteiger partial charge >= 0.3 is 0 Å². The Bertz CT molecular complexity index is 173. The highest BCUT2D eigenvalue weighted by molar-refractivity contribution is 5.92. The molecule has 0 rings (SSSR count). The lowest BCUT2D eigenvalue weighted by Crippen LogP contribution is -2.12. The van der Waals surface area contributed by atoms with Gasteiger partial charge < -0.3 is 10.6 Å². The molecule has 0 aromatic heterocycles. The molecule has 0 unspecified atom stereocenters. The Morgan fingerprint density at radius 2 is 2.23 bits per heavy atom. The first-order valence-electron chi connectivity index (χ1n) is 4.80. The van der Waals surface area contributed by atoms with Gasteiger partial charge in [0.2, 0.25) is 0 Å². The summed E-state index contributed by atoms with van der Waals surface area (Å²) in [7, 11) is 2.07. The van der Waals surface area contributed by atoms with Crippen LogP contribution in [0.2, 0.25) is 0 Å². The average Bonchev–Trinajstić information content (AvgIpc) is 2.12. The van der Waals surface area contributed by atoms with Crippen LogP contribution in [-0.4, -0.2) is 30.9 Å². The molecular weight excluding hydrogens is 162 g/mol. The minimum Gasteiger partial charge on any atom is -0.380 e. The quantitative estimate of drug-likeness (QED) is 0.636. The maximum absolute atomic E-state index is 5.28. The average molecular weight is 183 g/mol. The lowest BCUT2D eigenvalue weighted by molar-refractivity contribution is 0.442. The SMILES string of the molecule is CCCCN(C)/C=C\C(C)=N/CN. The molecule has 0 aliphatic carbocycles. The minimum absolute atomic E-state index is 0.370. The summed E-state index contributed by atoms with van der Waals surface area (Å²) in [6.07, 6.45) is 6.49. The lowest BCUT2D eigenvalue weighted by Gasteiger charge is -2.12. The second-order valence-electron chi connectivity index (χ2n) is 3.13. The summed E-state index contributed by atoms with van der Waals surface area (Å²) < 4.78 is 0. The zero-order valence-electron chi connectivity index (χ0n) is 8.95. The van der Waals surface area contributed by atoms with E-state index in [1.54, 1.807) is 0 Å². The molecule has 76 valence electrons. The fourth-order valence-corrected chi connectivity index (χ4v) is 0.914. The van der Waals surface area contributed by atoms with Crippen LogP contribution >= 0.6 is 0 Å². The molecule has 0 heterocycles. The fourth-order valence-electron chi connectivity index (χ4n) is 0.914. The third-order valence-corrected chi connectivity index (χ3v) is 1.78. The van der Waals surface area contributed by atoms with Crippen molar-refractivity contribution in [1.82, 2.24) is 4.90 Å². The Morgan fingerprint density at radius 3 is 2.77 bits per heavy atom. The van der Waals surface area contributed by atoms with Crippen LogP contribution in [0.3, 0.4) is 0 Å². The Hall–Kier alpha value is -0.830. The molecular formula is C10H21N3. The summed E-state index contributed by atoms with van der Waals surface area (Å²) >= 11 is 0. The largest absolute Gasteiger partial charge is 0.380 e. The highest BCUT2D eigenvalue weighted by Gasteiger charge is 1.89. The third-order valence-electron chi connectivity index (χ3n) is 1.78. The van der Waals surface area contributed by atoms with Crippen LogP contribution in [-0.2, 0) is 0 Å². The molecule has 2 N–H and O–H groups in total. The van der Waals surface area contributed by atoms with Crippen LogP contribution in [0, 0.1) is 0 Å². The summed E-state index contributed by atoms with van der Waals surface area (Å²) in [5, 5.41) is 0. The van der Waals surface area contributed by atoms with Gasteiger partial charge in [-0.2, -0.15) is 0 Å². The number of aliphatic imine (C=N–C) groups is 1. The topological polar surface area (TPSA) is 41.6 Å². The zero-order valence-corrected chi connectivity index (χ0v) is 8.95. The molecule has 0 spiro atoms. The van der Waals surface area contributed by atoms with Gasteiger partial charge in [-0.3, -0.25) is 4.99 Å². The third kappa shape index (κ3) is 7.53. The molecule has 0 saturated heterocycles. The number of nitrogens with two attached hydrogens (primary N) is 1. The number of rotatable bonds is 6. The normalized spacial score (nSPS) is 12.5. The van der Waals surface area contributed by atoms with Crippen LogP contribution < -0.4 is 5.73 Å². The van der Waals surface area contributed by atoms with E-state index in [9.17, 15) is 0 Å². The monoisotopic (exact) mass is 183 g/mol. The second kappa shape index (κ2) is 7.80. The van der Waals surface area contributed by atoms with E-state index in [4.69, 9.17) is 5.73 Å². The van der Waals surface area contributed by atoms with E-state index >= 15 is 0 Å². The lowest BCUT2D eigenvalue weighted by atomic mass is 10.3. The Kier molecular flexibility index (Phi) is 7.30. The summed E-state index contributed by atoms with van der Waals surface area (Å²) in [6, 6.07) is 0. The minimum atomic E-state index is 0.370. The van der Waals surface area contributed by atoms with Crippen molar-refractivity contribution < 1.29 is 0 Å². The van der Waals surface area contributed by atoms with E-state index in [0.29, 0.717) is 6.67 Å². The van der Waals surface area contributed by atoms with Crippen molar-refractivity contribution in [3.63, 3.8) is 0 Å². The van der Waals surface area contributed by atoms with Crippen LogP contribution in [0.1, 0.15) is 26.7 Å². The van der Waals surface area contributed by atoms with Gasteiger partial charge in [0.05, 0.1) is 6.67 Å². The van der Waals surface area contributed by atoms with Crippen molar-refractivity contribution in [2.45, 2.75) is 26.7 Å². The molecule has 0 atom stereocenters. The predicted octanol–water partition coefficient (Wildman–Crippen LogP) is 1.61. The van der Waals surface area contributed by atoms with Crippen LogP contribution in [0.15, 0.2) is 17.3 Å². The number of hydrogen-bond donors (Lipinski definition) is 1. The van der Waals surface area contributed by atoms with E-state index < -0.39 is 0 Å². The van der Waals surface area contributed by atoms with Crippen molar-refractivity contribution >= 4 is 5.71 Å². The van der Waals surface area contributed by atoms with Crippen molar-refractivity contribution in [1.29, 1.82) is 0 Å². The summed E-state index contributed by atoms with van der Waals surface area (Å²) in [5.41, 5.74) is 6.26. The van der Waals surface area contributed by atoms with Gasteiger partial charge in [-0.15, -0.1) is 0 Å². The first-order chi connectivity index (χ1) is 6.20. The molecule has 0 fully saturated rings. The maximum Gasteiger partial charge on any atom is 0.0862 e. The summed E-state index contributed by atoms with van der Waals surface area (Å²) in [5.74, 6) is 0. The molecule has 0 radical (unpaired) electrons. The molecule has 0 aliphatic rings. The first kappa shape index (κ1) is 12.2. The second-order valence-corrected chi connectivity index (χ2v) is 3.13. The molecule has 0 bridgehead atoms. The maximum atomic E-state index is 5.28. The summed E-state index contributed by atoms with van der Waals surface area (Å²) in [6.45, 7) is 5.62. The summed E-state index contributed by atoms with van der Waals surface area (Å²) in [4.78, 5) is 6.22. The van der Waals surface area contributed by atoms with Crippen molar-refractivity contribution in [2.24, 2.45) is 10.7 Å². The van der Waals surface area contributed by atoms with Gasteiger partial charge in [0.1, 0.15) is 0 Å². The Labute approximate surface area is 81.3 Å². The molecule has 13 heavy (non-hydrogen) atoms. The van der Waals surface area contributed by atoms with Gasteiger partial charge in [0.25, 0.3) is 0 Å². The number of hydrogen-bond acceptors (Lipinski definition) is 3. The molecule has 0 aromatic rings. The van der Waals surface area contributed by atoms with Gasteiger partial charge in [-0.05, 0) is 19.4 Å². The van der Waals surface area contributed by atoms with Crippen LogP contribution in [0.25, 0.3) is 0 Å². The molecule has 3 heteroatoms. The van der Waals surface area contributed by atoms with Crippen LogP contribution in [0.4, 0.5) is 0 Å². The standard InChI is InChI=1S/C10H21N3/c1-4-5-7-13(3)8-6-10(2)12-9-11/h6,8H,4-5,7,9,11H2,1-3H3/b8-6-,12-10-. The number of unbranched alkanes of at least 4 members (excludes halogenated alkanes) is 1. The van der Waals surface area contributed by atoms with Gasteiger partial charge in [0.15, 0.2) is 0 Å². The van der Waals surface area contributed by atoms with Crippen molar-refractivity contribution in [2.75, 3.05) is 20.3 Å². The van der Waals surface area contributed by atoms with Crippen LogP contribution in [0.5, 0.6) is 0 Å². The molecule has 0 saturated carbocycles. The van der Waals surface area contributed by atoms with E-state index in [1.165, 1.54) is 12.8 Å². The number of allylic oxidation sites excluding steroid dienone is 1. The van der Waals surface area contributed by atoms with Crippen molar-refractivity contribution in [3.05, 3.63) is 12.3 Å². The van der Waals surface area contributed by atoms with E-state index in [-0.39, 0.29) is 0 Å². The zero-order chi connectivity index (χ0) is 10.1. The van der Waals surface area contributed by atoms with Gasteiger partial charge in [-0.1, -0.05) is 13.3 Å². The molecule has 0 aliphatic heterocycles. The predicted molar refractivity (Wildman–Crippen MR) is 58.8 cm³/mol. The van der Waals surface area contributed by atoms with E-state index in [2.05, 4.69) is 23.9 Å². The first-order valence-corrected chi connectivity index (χ1v) is 4.80. The van der Waals surface area contributed by atoms with Gasteiger partial charge in [0, 0.05) is 25.5 Å². The van der Waals surface area contributed by atoms with Gasteiger partial charge in [-0.25, -0.2) is 0 Å². The highest BCUT2D eigenvalue weighted by Crippen LogP contribution is 1.92. The molecule has 0 aromatic carbocycles. The van der Waals surface area contributed by atoms with E-state index in [0.717, 1.165) is 12.3 Å².